The van der Waals surface area contributed by atoms with Gasteiger partial charge in [-0.1, -0.05) is 6.42 Å². The van der Waals surface area contributed by atoms with Crippen molar-refractivity contribution in [1.82, 2.24) is 9.80 Å². The average molecular weight is 239 g/mol. The van der Waals surface area contributed by atoms with E-state index in [1.54, 1.807) is 11.9 Å². The van der Waals surface area contributed by atoms with Gasteiger partial charge in [0.15, 0.2) is 0 Å². The first-order chi connectivity index (χ1) is 8.09. The predicted octanol–water partition coefficient (Wildman–Crippen LogP) is -0.195. The second-order valence-corrected chi connectivity index (χ2v) is 5.16. The number of hydrogen-bond donors (Lipinski definition) is 1. The van der Waals surface area contributed by atoms with Crippen LogP contribution in [0, 0.1) is 5.92 Å². The number of carbonyl (C=O) groups is 2. The van der Waals surface area contributed by atoms with Crippen LogP contribution in [0.1, 0.15) is 25.7 Å². The zero-order chi connectivity index (χ0) is 12.4. The Hall–Kier alpha value is -1.10. The van der Waals surface area contributed by atoms with Crippen molar-refractivity contribution in [2.24, 2.45) is 11.7 Å². The van der Waals surface area contributed by atoms with E-state index in [0.29, 0.717) is 25.6 Å². The number of nitrogens with zero attached hydrogens (tertiary/aromatic N) is 2. The van der Waals surface area contributed by atoms with Gasteiger partial charge in [-0.15, -0.1) is 0 Å². The highest BCUT2D eigenvalue weighted by Gasteiger charge is 2.31. The summed E-state index contributed by atoms with van der Waals surface area (Å²) in [5.74, 6) is -0.213. The smallest absolute Gasteiger partial charge is 0.312 e. The molecule has 2 aliphatic rings. The van der Waals surface area contributed by atoms with Gasteiger partial charge < -0.3 is 15.5 Å². The lowest BCUT2D eigenvalue weighted by Crippen LogP contribution is -2.53. The van der Waals surface area contributed by atoms with Crippen LogP contribution in [0.3, 0.4) is 0 Å². The summed E-state index contributed by atoms with van der Waals surface area (Å²) in [7, 11) is 1.67. The summed E-state index contributed by atoms with van der Waals surface area (Å²) in [6, 6.07) is 0.285. The Morgan fingerprint density at radius 3 is 2.65 bits per heavy atom. The van der Waals surface area contributed by atoms with E-state index in [-0.39, 0.29) is 17.9 Å². The van der Waals surface area contributed by atoms with Gasteiger partial charge in [0.2, 0.25) is 0 Å². The molecule has 1 aliphatic heterocycles. The SMILES string of the molecule is CN1CCN(CCC2CCCC2N)C(=O)C1=O. The molecule has 2 unspecified atom stereocenters. The van der Waals surface area contributed by atoms with Crippen molar-refractivity contribution in [3.63, 3.8) is 0 Å². The first-order valence-corrected chi connectivity index (χ1v) is 6.39. The van der Waals surface area contributed by atoms with Crippen molar-refractivity contribution in [3.05, 3.63) is 0 Å². The maximum absolute atomic E-state index is 11.7. The van der Waals surface area contributed by atoms with Crippen LogP contribution in [-0.4, -0.2) is 54.3 Å². The van der Waals surface area contributed by atoms with Crippen LogP contribution < -0.4 is 5.73 Å². The Balaban J connectivity index is 1.83. The van der Waals surface area contributed by atoms with Crippen LogP contribution in [0.2, 0.25) is 0 Å². The van der Waals surface area contributed by atoms with Gasteiger partial charge in [-0.3, -0.25) is 9.59 Å². The van der Waals surface area contributed by atoms with Crippen molar-refractivity contribution < 1.29 is 9.59 Å². The van der Waals surface area contributed by atoms with Gasteiger partial charge >= 0.3 is 11.8 Å². The molecule has 1 saturated carbocycles. The third-order valence-corrected chi connectivity index (χ3v) is 4.01. The van der Waals surface area contributed by atoms with Gasteiger partial charge in [0.1, 0.15) is 0 Å². The zero-order valence-corrected chi connectivity index (χ0v) is 10.4. The van der Waals surface area contributed by atoms with Gasteiger partial charge in [-0.05, 0) is 25.2 Å². The largest absolute Gasteiger partial charge is 0.336 e. The molecule has 1 saturated heterocycles. The van der Waals surface area contributed by atoms with Crippen molar-refractivity contribution in [2.45, 2.75) is 31.7 Å². The van der Waals surface area contributed by atoms with E-state index in [0.717, 1.165) is 19.3 Å². The maximum Gasteiger partial charge on any atom is 0.312 e. The third-order valence-electron chi connectivity index (χ3n) is 4.01. The Bertz CT molecular complexity index is 319. The highest BCUT2D eigenvalue weighted by Crippen LogP contribution is 2.27. The Morgan fingerprint density at radius 2 is 2.00 bits per heavy atom. The summed E-state index contributed by atoms with van der Waals surface area (Å²) in [4.78, 5) is 26.4. The Kier molecular flexibility index (Phi) is 3.66. The summed E-state index contributed by atoms with van der Waals surface area (Å²) in [6.07, 6.45) is 4.39. The molecule has 1 aliphatic carbocycles. The lowest BCUT2D eigenvalue weighted by atomic mass is 10.00. The first-order valence-electron chi connectivity index (χ1n) is 6.39. The molecule has 96 valence electrons. The molecule has 0 bridgehead atoms. The maximum atomic E-state index is 11.7. The van der Waals surface area contributed by atoms with Crippen molar-refractivity contribution in [2.75, 3.05) is 26.7 Å². The minimum atomic E-state index is -0.382. The quantitative estimate of drug-likeness (QED) is 0.694. The lowest BCUT2D eigenvalue weighted by molar-refractivity contribution is -0.155. The number of hydrogen-bond acceptors (Lipinski definition) is 3. The molecule has 2 fully saturated rings. The van der Waals surface area contributed by atoms with E-state index in [9.17, 15) is 9.59 Å². The van der Waals surface area contributed by atoms with E-state index in [1.807, 2.05) is 0 Å². The molecule has 5 heteroatoms. The second-order valence-electron chi connectivity index (χ2n) is 5.16. The number of amides is 2. The lowest BCUT2D eigenvalue weighted by Gasteiger charge is -2.32. The number of nitrogens with two attached hydrogens (primary N) is 1. The van der Waals surface area contributed by atoms with Crippen LogP contribution >= 0.6 is 0 Å². The van der Waals surface area contributed by atoms with Gasteiger partial charge in [-0.25, -0.2) is 0 Å². The fraction of sp³-hybridized carbons (Fsp3) is 0.833. The Morgan fingerprint density at radius 1 is 1.24 bits per heavy atom. The van der Waals surface area contributed by atoms with E-state index < -0.39 is 0 Å². The summed E-state index contributed by atoms with van der Waals surface area (Å²) in [5, 5.41) is 0. The van der Waals surface area contributed by atoms with Crippen LogP contribution in [0.15, 0.2) is 0 Å². The number of carbonyl (C=O) groups excluding carboxylic acids is 2. The van der Waals surface area contributed by atoms with Crippen molar-refractivity contribution in [1.29, 1.82) is 0 Å². The predicted molar refractivity (Wildman–Crippen MR) is 64.2 cm³/mol. The third kappa shape index (κ3) is 2.60. The molecule has 2 atom stereocenters. The number of piperazine rings is 1. The molecule has 17 heavy (non-hydrogen) atoms. The molecule has 0 spiro atoms. The summed E-state index contributed by atoms with van der Waals surface area (Å²) >= 11 is 0. The second kappa shape index (κ2) is 5.04. The van der Waals surface area contributed by atoms with Crippen LogP contribution in [-0.2, 0) is 9.59 Å². The van der Waals surface area contributed by atoms with Gasteiger partial charge in [0.05, 0.1) is 0 Å². The van der Waals surface area contributed by atoms with Gasteiger partial charge in [-0.2, -0.15) is 0 Å². The molecule has 2 N–H and O–H groups in total. The minimum absolute atomic E-state index is 0.285. The highest BCUT2D eigenvalue weighted by atomic mass is 16.2. The molecule has 0 aromatic carbocycles. The first kappa shape index (κ1) is 12.4. The summed E-state index contributed by atoms with van der Waals surface area (Å²) in [5.41, 5.74) is 6.00. The fourth-order valence-electron chi connectivity index (χ4n) is 2.73. The molecular formula is C12H21N3O2. The molecule has 0 aromatic heterocycles. The van der Waals surface area contributed by atoms with E-state index in [4.69, 9.17) is 5.73 Å². The summed E-state index contributed by atoms with van der Waals surface area (Å²) in [6.45, 7) is 1.97. The fourth-order valence-corrected chi connectivity index (χ4v) is 2.73. The molecule has 5 nitrogen and oxygen atoms in total. The molecule has 0 radical (unpaired) electrons. The van der Waals surface area contributed by atoms with Crippen LogP contribution in [0.4, 0.5) is 0 Å². The molecular weight excluding hydrogens is 218 g/mol. The standard InChI is InChI=1S/C12H21N3O2/c1-14-7-8-15(12(17)11(14)16)6-5-9-3-2-4-10(9)13/h9-10H,2-8,13H2,1H3. The molecule has 1 heterocycles. The molecule has 0 aromatic rings. The van der Waals surface area contributed by atoms with Crippen LogP contribution in [0.5, 0.6) is 0 Å². The van der Waals surface area contributed by atoms with Gasteiger partial charge in [0.25, 0.3) is 0 Å². The van der Waals surface area contributed by atoms with Crippen molar-refractivity contribution in [3.8, 4) is 0 Å². The van der Waals surface area contributed by atoms with E-state index >= 15 is 0 Å². The average Bonchev–Trinajstić information content (AvgIpc) is 2.71. The van der Waals surface area contributed by atoms with E-state index in [1.165, 1.54) is 11.3 Å². The number of likely N-dealkylation sites (N-methyl/N-ethyl adjacent to an activating group) is 1. The minimum Gasteiger partial charge on any atom is -0.336 e. The molecule has 2 rings (SSSR count). The van der Waals surface area contributed by atoms with Crippen LogP contribution in [0.25, 0.3) is 0 Å². The van der Waals surface area contributed by atoms with Crippen molar-refractivity contribution >= 4 is 11.8 Å². The Labute approximate surface area is 102 Å². The summed E-state index contributed by atoms with van der Waals surface area (Å²) < 4.78 is 0. The monoisotopic (exact) mass is 239 g/mol. The zero-order valence-electron chi connectivity index (χ0n) is 10.4. The topological polar surface area (TPSA) is 66.6 Å². The normalized spacial score (nSPS) is 30.2. The highest BCUT2D eigenvalue weighted by molar-refractivity contribution is 6.35. The van der Waals surface area contributed by atoms with Gasteiger partial charge in [0, 0.05) is 32.7 Å². The van der Waals surface area contributed by atoms with E-state index in [2.05, 4.69) is 0 Å². The number of rotatable bonds is 3. The molecule has 2 amide bonds.